The van der Waals surface area contributed by atoms with Gasteiger partial charge in [0.1, 0.15) is 17.7 Å². The number of nitrogens with one attached hydrogen (secondary N) is 3. The van der Waals surface area contributed by atoms with Gasteiger partial charge < -0.3 is 34.7 Å². The summed E-state index contributed by atoms with van der Waals surface area (Å²) >= 11 is 0. The zero-order chi connectivity index (χ0) is 30.0. The second kappa shape index (κ2) is 15.0. The molecule has 3 heterocycles. The van der Waals surface area contributed by atoms with E-state index in [2.05, 4.69) is 20.9 Å². The minimum absolute atomic E-state index is 0.102. The first-order valence-corrected chi connectivity index (χ1v) is 14.5. The third-order valence-electron chi connectivity index (χ3n) is 7.49. The number of carbonyl (C=O) groups is 4. The van der Waals surface area contributed by atoms with Crippen LogP contribution in [-0.4, -0.2) is 90.3 Å². The van der Waals surface area contributed by atoms with Gasteiger partial charge in [0.25, 0.3) is 5.91 Å². The maximum absolute atomic E-state index is 13.6. The predicted molar refractivity (Wildman–Crippen MR) is 153 cm³/mol. The molecule has 1 fully saturated rings. The van der Waals surface area contributed by atoms with Gasteiger partial charge >= 0.3 is 0 Å². The van der Waals surface area contributed by atoms with Gasteiger partial charge in [-0.05, 0) is 31.7 Å². The summed E-state index contributed by atoms with van der Waals surface area (Å²) in [7, 11) is 1.41. The molecule has 2 aliphatic rings. The molecule has 3 amide bonds. The zero-order valence-corrected chi connectivity index (χ0v) is 24.3. The van der Waals surface area contributed by atoms with Gasteiger partial charge in [0, 0.05) is 32.7 Å². The number of imidazole rings is 1. The first-order chi connectivity index (χ1) is 20.3. The Balaban J connectivity index is 1.52. The fraction of sp³-hybridized carbons (Fsp3) is 0.567. The fourth-order valence-corrected chi connectivity index (χ4v) is 4.89. The van der Waals surface area contributed by atoms with Crippen molar-refractivity contribution in [1.29, 1.82) is 0 Å². The summed E-state index contributed by atoms with van der Waals surface area (Å²) in [6.07, 6.45) is 8.17. The molecule has 0 radical (unpaired) electrons. The Labute approximate surface area is 245 Å². The molecule has 0 spiro atoms. The van der Waals surface area contributed by atoms with Gasteiger partial charge in [-0.3, -0.25) is 19.2 Å². The summed E-state index contributed by atoms with van der Waals surface area (Å²) in [5.74, 6) is -1.76. The molecule has 42 heavy (non-hydrogen) atoms. The molecule has 0 aliphatic carbocycles. The lowest BCUT2D eigenvalue weighted by molar-refractivity contribution is -0.134. The maximum Gasteiger partial charge on any atom is 0.288 e. The summed E-state index contributed by atoms with van der Waals surface area (Å²) in [6, 6.07) is 6.27. The molecule has 3 N–H and O–H groups in total. The largest absolute Gasteiger partial charge is 0.382 e. The Morgan fingerprint density at radius 3 is 2.62 bits per heavy atom. The van der Waals surface area contributed by atoms with E-state index in [9.17, 15) is 19.2 Å². The van der Waals surface area contributed by atoms with Crippen LogP contribution in [0.15, 0.2) is 42.7 Å². The third kappa shape index (κ3) is 8.70. The number of amides is 3. The number of epoxide rings is 1. The number of ether oxygens (including phenoxy) is 3. The van der Waals surface area contributed by atoms with Crippen LogP contribution in [0.3, 0.4) is 0 Å². The van der Waals surface area contributed by atoms with Crippen molar-refractivity contribution in [3.63, 3.8) is 0 Å². The monoisotopic (exact) mass is 583 g/mol. The highest BCUT2D eigenvalue weighted by Crippen LogP contribution is 2.29. The van der Waals surface area contributed by atoms with Crippen molar-refractivity contribution in [2.75, 3.05) is 33.5 Å². The Morgan fingerprint density at radius 2 is 1.88 bits per heavy atom. The Morgan fingerprint density at radius 1 is 1.14 bits per heavy atom. The number of hydrogen-bond donors (Lipinski definition) is 3. The van der Waals surface area contributed by atoms with E-state index in [1.165, 1.54) is 7.11 Å². The molecular weight excluding hydrogens is 542 g/mol. The number of aryl methyl sites for hydroxylation is 1. The summed E-state index contributed by atoms with van der Waals surface area (Å²) in [6.45, 7) is 2.81. The number of benzene rings is 1. The molecule has 4 atom stereocenters. The van der Waals surface area contributed by atoms with E-state index >= 15 is 0 Å². The Kier molecular flexibility index (Phi) is 11.2. The van der Waals surface area contributed by atoms with Crippen LogP contribution in [-0.2, 0) is 41.6 Å². The smallest absolute Gasteiger partial charge is 0.288 e. The summed E-state index contributed by atoms with van der Waals surface area (Å²) in [5, 5.41) is 8.22. The molecule has 0 saturated carbocycles. The van der Waals surface area contributed by atoms with Crippen LogP contribution in [0, 0.1) is 0 Å². The van der Waals surface area contributed by atoms with Gasteiger partial charge in [0.2, 0.25) is 11.8 Å². The van der Waals surface area contributed by atoms with Crippen molar-refractivity contribution >= 4 is 23.5 Å². The average molecular weight is 584 g/mol. The number of nitrogens with zero attached hydrogens (tertiary/aromatic N) is 2. The Hall–Kier alpha value is -3.61. The summed E-state index contributed by atoms with van der Waals surface area (Å²) in [4.78, 5) is 57.5. The number of Topliss-reactive ketones (excluding diaryl/α,β-unsaturated/α-hetero) is 1. The topological polar surface area (TPSA) is 153 Å². The van der Waals surface area contributed by atoms with Crippen LogP contribution in [0.5, 0.6) is 0 Å². The van der Waals surface area contributed by atoms with Gasteiger partial charge in [-0.2, -0.15) is 0 Å². The summed E-state index contributed by atoms with van der Waals surface area (Å²) < 4.78 is 18.2. The molecule has 1 aromatic carbocycles. The van der Waals surface area contributed by atoms with Crippen molar-refractivity contribution in [3.05, 3.63) is 54.1 Å². The van der Waals surface area contributed by atoms with Gasteiger partial charge in [0.15, 0.2) is 11.6 Å². The van der Waals surface area contributed by atoms with Crippen LogP contribution >= 0.6 is 0 Å². The molecule has 228 valence electrons. The van der Waals surface area contributed by atoms with Crippen LogP contribution in [0.2, 0.25) is 0 Å². The number of rotatable bonds is 8. The number of carbonyl (C=O) groups excluding carboxylic acids is 4. The van der Waals surface area contributed by atoms with Crippen LogP contribution in [0.25, 0.3) is 0 Å². The molecule has 12 nitrogen and oxygen atoms in total. The molecule has 0 bridgehead atoms. The minimum atomic E-state index is -1.12. The highest BCUT2D eigenvalue weighted by Gasteiger charge is 2.50. The van der Waals surface area contributed by atoms with E-state index in [-0.39, 0.29) is 37.8 Å². The van der Waals surface area contributed by atoms with E-state index in [1.807, 2.05) is 30.3 Å². The summed E-state index contributed by atoms with van der Waals surface area (Å²) in [5.41, 5.74) is -0.0820. The third-order valence-corrected chi connectivity index (χ3v) is 7.49. The van der Waals surface area contributed by atoms with Gasteiger partial charge in [0.05, 0.1) is 25.9 Å². The maximum atomic E-state index is 13.6. The van der Waals surface area contributed by atoms with E-state index in [1.54, 1.807) is 23.9 Å². The van der Waals surface area contributed by atoms with Crippen molar-refractivity contribution in [3.8, 4) is 0 Å². The zero-order valence-electron chi connectivity index (χ0n) is 24.3. The molecule has 12 heteroatoms. The van der Waals surface area contributed by atoms with Crippen LogP contribution in [0.1, 0.15) is 55.2 Å². The van der Waals surface area contributed by atoms with Crippen molar-refractivity contribution in [2.45, 2.75) is 75.7 Å². The van der Waals surface area contributed by atoms with Gasteiger partial charge in [-0.15, -0.1) is 0 Å². The number of hydrogen-bond acceptors (Lipinski definition) is 8. The van der Waals surface area contributed by atoms with Crippen molar-refractivity contribution < 1.29 is 33.4 Å². The average Bonchev–Trinajstić information content (AvgIpc) is 3.56. The SMILES string of the molecule is COC[C@@H]1NC(=O)c2nccn2CCCCCCCOC[C@@H](C(=O)N[C@@H](Cc2ccccc2)C(=O)[C@@]2(C)CO2)NC1=O. The lowest BCUT2D eigenvalue weighted by Gasteiger charge is -2.26. The van der Waals surface area contributed by atoms with Crippen LogP contribution in [0.4, 0.5) is 0 Å². The quantitative estimate of drug-likeness (QED) is 0.392. The highest BCUT2D eigenvalue weighted by molar-refractivity contribution is 5.99. The molecule has 1 saturated heterocycles. The van der Waals surface area contributed by atoms with Crippen molar-refractivity contribution in [2.24, 2.45) is 0 Å². The molecule has 2 aliphatic heterocycles. The predicted octanol–water partition coefficient (Wildman–Crippen LogP) is 1.18. The molecular formula is C30H41N5O7. The Bertz CT molecular complexity index is 1210. The lowest BCUT2D eigenvalue weighted by Crippen LogP contribution is -2.59. The molecule has 0 unspecified atom stereocenters. The highest BCUT2D eigenvalue weighted by atomic mass is 16.6. The molecule has 2 aromatic rings. The second-order valence-corrected chi connectivity index (χ2v) is 11.0. The fourth-order valence-electron chi connectivity index (χ4n) is 4.89. The molecule has 4 rings (SSSR count). The number of aromatic nitrogens is 2. The molecule has 1 aromatic heterocycles. The van der Waals surface area contributed by atoms with Gasteiger partial charge in [-0.1, -0.05) is 49.6 Å². The first-order valence-electron chi connectivity index (χ1n) is 14.5. The van der Waals surface area contributed by atoms with E-state index in [0.717, 1.165) is 37.7 Å². The number of ketones is 1. The van der Waals surface area contributed by atoms with E-state index in [4.69, 9.17) is 14.2 Å². The number of fused-ring (bicyclic) bond motifs is 1. The van der Waals surface area contributed by atoms with Gasteiger partial charge in [-0.25, -0.2) is 4.98 Å². The minimum Gasteiger partial charge on any atom is -0.382 e. The first kappa shape index (κ1) is 31.3. The normalized spacial score (nSPS) is 24.8. The van der Waals surface area contributed by atoms with Crippen molar-refractivity contribution in [1.82, 2.24) is 25.5 Å². The second-order valence-electron chi connectivity index (χ2n) is 11.0. The van der Waals surface area contributed by atoms with E-state index in [0.29, 0.717) is 13.2 Å². The lowest BCUT2D eigenvalue weighted by atomic mass is 9.94. The number of methoxy groups -OCH3 is 1. The van der Waals surface area contributed by atoms with Crippen LogP contribution < -0.4 is 16.0 Å². The van der Waals surface area contributed by atoms with E-state index < -0.39 is 41.4 Å². The standard InChI is InChI=1S/C30H41N5O7/c1-30(20-42-30)25(36)22(17-21-11-7-6-8-12-21)32-28(38)24-19-41-16-10-5-3-4-9-14-35-15-13-31-26(35)29(39)34-23(18-40-2)27(37)33-24/h6-8,11-13,15,22-24H,3-5,9-10,14,16-20H2,1-2H3,(H,32,38)(H,33,37)(H,34,39)/t22-,23-,24-,30+/m0/s1.